The van der Waals surface area contributed by atoms with E-state index in [-0.39, 0.29) is 44.2 Å². The molecule has 0 aliphatic carbocycles. The predicted octanol–water partition coefficient (Wildman–Crippen LogP) is 5.80. The van der Waals surface area contributed by atoms with E-state index in [0.717, 1.165) is 5.56 Å². The van der Waals surface area contributed by atoms with Crippen molar-refractivity contribution in [1.29, 1.82) is 0 Å². The second-order valence-corrected chi connectivity index (χ2v) is 10.7. The normalized spacial score (nSPS) is 11.7. The average Bonchev–Trinajstić information content (AvgIpc) is 2.68. The highest BCUT2D eigenvalue weighted by molar-refractivity contribution is 7.87. The van der Waals surface area contributed by atoms with E-state index in [1.165, 1.54) is 25.3 Å². The van der Waals surface area contributed by atoms with E-state index in [2.05, 4.69) is 0 Å². The van der Waals surface area contributed by atoms with E-state index < -0.39 is 10.1 Å². The van der Waals surface area contributed by atoms with E-state index >= 15 is 0 Å². The average molecular weight is 502 g/mol. The lowest BCUT2D eigenvalue weighted by atomic mass is 10.1. The lowest BCUT2D eigenvalue weighted by Gasteiger charge is -2.26. The van der Waals surface area contributed by atoms with Gasteiger partial charge in [-0.25, -0.2) is 0 Å². The Morgan fingerprint density at radius 3 is 2.22 bits per heavy atom. The van der Waals surface area contributed by atoms with Crippen LogP contribution in [-0.2, 0) is 21.5 Å². The Morgan fingerprint density at radius 1 is 0.969 bits per heavy atom. The van der Waals surface area contributed by atoms with Gasteiger partial charge in [-0.3, -0.25) is 4.79 Å². The minimum absolute atomic E-state index is 0.0249. The van der Waals surface area contributed by atoms with E-state index in [1.54, 1.807) is 23.1 Å². The number of nitrogens with zero attached hydrogens (tertiary/aromatic N) is 1. The van der Waals surface area contributed by atoms with Crippen molar-refractivity contribution in [3.8, 4) is 11.5 Å². The maximum Gasteiger partial charge on any atom is 0.339 e. The molecule has 0 radical (unpaired) electrons. The zero-order valence-corrected chi connectivity index (χ0v) is 21.2. The lowest BCUT2D eigenvalue weighted by molar-refractivity contribution is -0.133. The number of amides is 1. The van der Waals surface area contributed by atoms with Gasteiger partial charge in [-0.2, -0.15) is 8.42 Å². The van der Waals surface area contributed by atoms with Crippen molar-refractivity contribution in [2.24, 2.45) is 11.8 Å². The standard InChI is InChI=1S/C23H29Cl2NO5S/c1-15(2)10-23(27)26(13-16(3)4)14-17-6-9-21(30-5)22(11-17)31-32(28,29)18-7-8-19(24)20(25)12-18/h6-9,11-12,15-16H,10,13-14H2,1-5H3. The van der Waals surface area contributed by atoms with Crippen LogP contribution >= 0.6 is 23.2 Å². The molecule has 1 amide bonds. The molecule has 32 heavy (non-hydrogen) atoms. The van der Waals surface area contributed by atoms with Crippen molar-refractivity contribution in [2.45, 2.75) is 45.6 Å². The van der Waals surface area contributed by atoms with Crippen molar-refractivity contribution in [1.82, 2.24) is 4.90 Å². The first-order valence-corrected chi connectivity index (χ1v) is 12.4. The molecule has 6 nitrogen and oxygen atoms in total. The highest BCUT2D eigenvalue weighted by Crippen LogP contribution is 2.33. The van der Waals surface area contributed by atoms with E-state index in [0.29, 0.717) is 19.5 Å². The smallest absolute Gasteiger partial charge is 0.339 e. The molecule has 0 saturated carbocycles. The van der Waals surface area contributed by atoms with Crippen LogP contribution in [0.1, 0.15) is 39.7 Å². The molecule has 9 heteroatoms. The Morgan fingerprint density at radius 2 is 1.66 bits per heavy atom. The van der Waals surface area contributed by atoms with Crippen molar-refractivity contribution in [3.05, 3.63) is 52.0 Å². The van der Waals surface area contributed by atoms with Crippen LogP contribution in [0.5, 0.6) is 11.5 Å². The van der Waals surface area contributed by atoms with Crippen molar-refractivity contribution in [2.75, 3.05) is 13.7 Å². The molecule has 0 heterocycles. The fourth-order valence-electron chi connectivity index (χ4n) is 3.08. The number of carbonyl (C=O) groups excluding carboxylic acids is 1. The largest absolute Gasteiger partial charge is 0.493 e. The van der Waals surface area contributed by atoms with Crippen LogP contribution in [-0.4, -0.2) is 32.9 Å². The second-order valence-electron chi connectivity index (χ2n) is 8.36. The first-order chi connectivity index (χ1) is 14.9. The molecule has 0 unspecified atom stereocenters. The molecule has 176 valence electrons. The Kier molecular flexibility index (Phi) is 9.25. The van der Waals surface area contributed by atoms with Crippen molar-refractivity contribution in [3.63, 3.8) is 0 Å². The van der Waals surface area contributed by atoms with Gasteiger partial charge in [-0.15, -0.1) is 0 Å². The van der Waals surface area contributed by atoms with E-state index in [9.17, 15) is 13.2 Å². The number of rotatable bonds is 10. The Labute approximate surface area is 200 Å². The fourth-order valence-corrected chi connectivity index (χ4v) is 4.40. The summed E-state index contributed by atoms with van der Waals surface area (Å²) in [6.07, 6.45) is 0.442. The molecule has 0 aromatic heterocycles. The van der Waals surface area contributed by atoms with Gasteiger partial charge in [0.1, 0.15) is 4.90 Å². The molecule has 2 aromatic rings. The van der Waals surface area contributed by atoms with Crippen LogP contribution in [0, 0.1) is 11.8 Å². The van der Waals surface area contributed by atoms with Gasteiger partial charge in [0.2, 0.25) is 5.91 Å². The number of benzene rings is 2. The van der Waals surface area contributed by atoms with Gasteiger partial charge < -0.3 is 13.8 Å². The summed E-state index contributed by atoms with van der Waals surface area (Å²) in [5, 5.41) is 0.339. The highest BCUT2D eigenvalue weighted by Gasteiger charge is 2.22. The van der Waals surface area contributed by atoms with Gasteiger partial charge in [0.05, 0.1) is 17.2 Å². The van der Waals surface area contributed by atoms with E-state index in [4.69, 9.17) is 32.1 Å². The molecule has 0 aliphatic rings. The summed E-state index contributed by atoms with van der Waals surface area (Å²) >= 11 is 11.8. The zero-order chi connectivity index (χ0) is 24.1. The summed E-state index contributed by atoms with van der Waals surface area (Å²) in [6.45, 7) is 9.01. The van der Waals surface area contributed by atoms with Gasteiger partial charge in [0.15, 0.2) is 11.5 Å². The molecule has 2 aromatic carbocycles. The Hall–Kier alpha value is -1.96. The second kappa shape index (κ2) is 11.3. The van der Waals surface area contributed by atoms with E-state index in [1.807, 2.05) is 27.7 Å². The van der Waals surface area contributed by atoms with Crippen LogP contribution in [0.25, 0.3) is 0 Å². The summed E-state index contributed by atoms with van der Waals surface area (Å²) in [5.74, 6) is 0.854. The number of carbonyl (C=O) groups is 1. The number of halogens is 2. The third-order valence-corrected chi connectivity index (χ3v) is 6.47. The molecule has 0 bridgehead atoms. The quantitative estimate of drug-likeness (QED) is 0.384. The lowest BCUT2D eigenvalue weighted by Crippen LogP contribution is -2.34. The van der Waals surface area contributed by atoms with Gasteiger partial charge in [-0.05, 0) is 47.7 Å². The minimum atomic E-state index is -4.19. The molecule has 0 aliphatic heterocycles. The van der Waals surface area contributed by atoms with Crippen molar-refractivity contribution >= 4 is 39.2 Å². The Balaban J connectivity index is 2.34. The molecule has 0 N–H and O–H groups in total. The molecule has 0 atom stereocenters. The van der Waals surface area contributed by atoms with Gasteiger partial charge in [0.25, 0.3) is 0 Å². The maximum absolute atomic E-state index is 12.8. The predicted molar refractivity (Wildman–Crippen MR) is 127 cm³/mol. The SMILES string of the molecule is COc1ccc(CN(CC(C)C)C(=O)CC(C)C)cc1OS(=O)(=O)c1ccc(Cl)c(Cl)c1. The molecule has 0 spiro atoms. The summed E-state index contributed by atoms with van der Waals surface area (Å²) in [6, 6.07) is 8.91. The number of hydrogen-bond acceptors (Lipinski definition) is 5. The molecule has 0 saturated heterocycles. The summed E-state index contributed by atoms with van der Waals surface area (Å²) < 4.78 is 36.2. The van der Waals surface area contributed by atoms with Gasteiger partial charge >= 0.3 is 10.1 Å². The van der Waals surface area contributed by atoms with Crippen molar-refractivity contribution < 1.29 is 22.1 Å². The maximum atomic E-state index is 12.8. The number of methoxy groups -OCH3 is 1. The number of ether oxygens (including phenoxy) is 1. The third-order valence-electron chi connectivity index (χ3n) is 4.50. The minimum Gasteiger partial charge on any atom is -0.493 e. The first kappa shape index (κ1) is 26.3. The van der Waals surface area contributed by atoms with Crippen LogP contribution in [0.15, 0.2) is 41.3 Å². The molecule has 0 fully saturated rings. The molecular weight excluding hydrogens is 473 g/mol. The van der Waals surface area contributed by atoms with Gasteiger partial charge in [-0.1, -0.05) is 57.0 Å². The van der Waals surface area contributed by atoms with Crippen LogP contribution in [0.3, 0.4) is 0 Å². The highest BCUT2D eigenvalue weighted by atomic mass is 35.5. The van der Waals surface area contributed by atoms with Crippen LogP contribution in [0.4, 0.5) is 0 Å². The topological polar surface area (TPSA) is 72.9 Å². The summed E-state index contributed by atoms with van der Waals surface area (Å²) in [4.78, 5) is 14.4. The van der Waals surface area contributed by atoms with Crippen LogP contribution < -0.4 is 8.92 Å². The summed E-state index contributed by atoms with van der Waals surface area (Å²) in [5.41, 5.74) is 0.725. The van der Waals surface area contributed by atoms with Crippen LogP contribution in [0.2, 0.25) is 10.0 Å². The molecule has 2 rings (SSSR count). The fraction of sp³-hybridized carbons (Fsp3) is 0.435. The Bertz CT molecular complexity index is 1050. The monoisotopic (exact) mass is 501 g/mol. The summed E-state index contributed by atoms with van der Waals surface area (Å²) in [7, 11) is -2.76. The first-order valence-electron chi connectivity index (χ1n) is 10.3. The van der Waals surface area contributed by atoms with Gasteiger partial charge in [0, 0.05) is 19.5 Å². The molecular formula is C23H29Cl2NO5S. The zero-order valence-electron chi connectivity index (χ0n) is 18.9. The third kappa shape index (κ3) is 7.29. The number of hydrogen-bond donors (Lipinski definition) is 0.